The van der Waals surface area contributed by atoms with Gasteiger partial charge in [-0.2, -0.15) is 0 Å². The molecular formula is C20H23ClN2O3. The largest absolute Gasteiger partial charge is 0.486 e. The summed E-state index contributed by atoms with van der Waals surface area (Å²) < 4.78 is 13.3. The van der Waals surface area contributed by atoms with Crippen LogP contribution in [-0.4, -0.2) is 35.1 Å². The fraction of sp³-hybridized carbons (Fsp3) is 0.450. The van der Waals surface area contributed by atoms with Gasteiger partial charge in [0.25, 0.3) is 5.91 Å². The number of carbonyl (C=O) groups is 1. The molecule has 2 aromatic rings. The molecule has 3 heterocycles. The zero-order valence-corrected chi connectivity index (χ0v) is 15.7. The molecule has 0 radical (unpaired) electrons. The van der Waals surface area contributed by atoms with E-state index in [1.807, 2.05) is 24.2 Å². The predicted octanol–water partition coefficient (Wildman–Crippen LogP) is 4.21. The van der Waals surface area contributed by atoms with Crippen LogP contribution in [0.15, 0.2) is 30.5 Å². The standard InChI is InChI=1S/C20H23ClN2O3/c1-22-8-5-7-16(22)17-6-3-2-4-9-23(17)20(24)14-12-15(21)19-18(13-14)25-10-11-26-19/h5,7-8,12-13,17H,2-4,6,9-11H2,1H3/t17-/m0/s1. The first-order valence-electron chi connectivity index (χ1n) is 9.16. The van der Waals surface area contributed by atoms with E-state index < -0.39 is 0 Å². The highest BCUT2D eigenvalue weighted by atomic mass is 35.5. The summed E-state index contributed by atoms with van der Waals surface area (Å²) in [7, 11) is 2.03. The van der Waals surface area contributed by atoms with Crippen LogP contribution in [0.5, 0.6) is 11.5 Å². The molecule has 2 aliphatic rings. The summed E-state index contributed by atoms with van der Waals surface area (Å²) in [6, 6.07) is 7.67. The number of aromatic nitrogens is 1. The molecule has 5 nitrogen and oxygen atoms in total. The lowest BCUT2D eigenvalue weighted by atomic mass is 10.0. The van der Waals surface area contributed by atoms with E-state index in [0.717, 1.165) is 32.2 Å². The van der Waals surface area contributed by atoms with Crippen molar-refractivity contribution in [2.24, 2.45) is 7.05 Å². The molecule has 26 heavy (non-hydrogen) atoms. The fourth-order valence-corrected chi connectivity index (χ4v) is 4.14. The Morgan fingerprint density at radius 3 is 2.85 bits per heavy atom. The number of carbonyl (C=O) groups excluding carboxylic acids is 1. The second kappa shape index (κ2) is 7.23. The number of hydrogen-bond acceptors (Lipinski definition) is 3. The minimum atomic E-state index is -0.00280. The third kappa shape index (κ3) is 3.16. The lowest BCUT2D eigenvalue weighted by Crippen LogP contribution is -2.35. The fourth-order valence-electron chi connectivity index (χ4n) is 3.88. The summed E-state index contributed by atoms with van der Waals surface area (Å²) in [6.07, 6.45) is 6.30. The van der Waals surface area contributed by atoms with Gasteiger partial charge in [0.15, 0.2) is 11.5 Å². The van der Waals surface area contributed by atoms with Crippen molar-refractivity contribution in [3.05, 3.63) is 46.7 Å². The molecule has 0 bridgehead atoms. The number of fused-ring (bicyclic) bond motifs is 1. The van der Waals surface area contributed by atoms with E-state index in [1.165, 1.54) is 5.69 Å². The van der Waals surface area contributed by atoms with E-state index in [4.69, 9.17) is 21.1 Å². The van der Waals surface area contributed by atoms with Gasteiger partial charge in [0.05, 0.1) is 11.1 Å². The Labute approximate surface area is 158 Å². The number of ether oxygens (including phenoxy) is 2. The van der Waals surface area contributed by atoms with Crippen LogP contribution >= 0.6 is 11.6 Å². The third-order valence-electron chi connectivity index (χ3n) is 5.18. The molecule has 1 aromatic carbocycles. The molecule has 2 aliphatic heterocycles. The Morgan fingerprint density at radius 1 is 1.19 bits per heavy atom. The van der Waals surface area contributed by atoms with Crippen molar-refractivity contribution in [3.63, 3.8) is 0 Å². The molecule has 0 N–H and O–H groups in total. The molecule has 4 rings (SSSR count). The van der Waals surface area contributed by atoms with Crippen LogP contribution in [0.25, 0.3) is 0 Å². The topological polar surface area (TPSA) is 43.7 Å². The number of rotatable bonds is 2. The number of aryl methyl sites for hydroxylation is 1. The summed E-state index contributed by atoms with van der Waals surface area (Å²) >= 11 is 6.34. The van der Waals surface area contributed by atoms with Crippen LogP contribution in [0.2, 0.25) is 5.02 Å². The number of halogens is 1. The first-order chi connectivity index (χ1) is 12.6. The molecule has 1 atom stereocenters. The first-order valence-corrected chi connectivity index (χ1v) is 9.54. The maximum Gasteiger partial charge on any atom is 0.254 e. The van der Waals surface area contributed by atoms with Crippen molar-refractivity contribution in [2.75, 3.05) is 19.8 Å². The van der Waals surface area contributed by atoms with Gasteiger partial charge < -0.3 is 18.9 Å². The molecule has 0 aliphatic carbocycles. The number of amides is 1. The Balaban J connectivity index is 1.69. The summed E-state index contributed by atoms with van der Waals surface area (Å²) in [5.41, 5.74) is 1.73. The average molecular weight is 375 g/mol. The van der Waals surface area contributed by atoms with Crippen LogP contribution in [0.3, 0.4) is 0 Å². The van der Waals surface area contributed by atoms with Crippen molar-refractivity contribution in [3.8, 4) is 11.5 Å². The lowest BCUT2D eigenvalue weighted by molar-refractivity contribution is 0.0673. The monoisotopic (exact) mass is 374 g/mol. The molecule has 6 heteroatoms. The minimum absolute atomic E-state index is 0.00280. The maximum atomic E-state index is 13.4. The van der Waals surface area contributed by atoms with Crippen molar-refractivity contribution < 1.29 is 14.3 Å². The highest BCUT2D eigenvalue weighted by Gasteiger charge is 2.30. The van der Waals surface area contributed by atoms with Gasteiger partial charge in [0.2, 0.25) is 0 Å². The molecular weight excluding hydrogens is 352 g/mol. The van der Waals surface area contributed by atoms with Crippen LogP contribution in [-0.2, 0) is 7.05 Å². The van der Waals surface area contributed by atoms with E-state index in [-0.39, 0.29) is 11.9 Å². The number of hydrogen-bond donors (Lipinski definition) is 0. The predicted molar refractivity (Wildman–Crippen MR) is 100 cm³/mol. The zero-order valence-electron chi connectivity index (χ0n) is 14.9. The highest BCUT2D eigenvalue weighted by Crippen LogP contribution is 2.39. The van der Waals surface area contributed by atoms with Crippen molar-refractivity contribution in [1.82, 2.24) is 9.47 Å². The van der Waals surface area contributed by atoms with Gasteiger partial charge in [-0.3, -0.25) is 4.79 Å². The lowest BCUT2D eigenvalue weighted by Gasteiger charge is -2.31. The molecule has 1 saturated heterocycles. The molecule has 1 amide bonds. The number of benzene rings is 1. The van der Waals surface area contributed by atoms with E-state index in [1.54, 1.807) is 12.1 Å². The van der Waals surface area contributed by atoms with E-state index >= 15 is 0 Å². The smallest absolute Gasteiger partial charge is 0.254 e. The van der Waals surface area contributed by atoms with Crippen LogP contribution < -0.4 is 9.47 Å². The SMILES string of the molecule is Cn1cccc1[C@@H]1CCCCCN1C(=O)c1cc(Cl)c2c(c1)OCCO2. The molecule has 1 fully saturated rings. The third-order valence-corrected chi connectivity index (χ3v) is 5.46. The summed E-state index contributed by atoms with van der Waals surface area (Å²) in [6.45, 7) is 1.69. The number of likely N-dealkylation sites (tertiary alicyclic amines) is 1. The van der Waals surface area contributed by atoms with Crippen molar-refractivity contribution >= 4 is 17.5 Å². The molecule has 1 aromatic heterocycles. The Hall–Kier alpha value is -2.14. The van der Waals surface area contributed by atoms with Gasteiger partial charge >= 0.3 is 0 Å². The Morgan fingerprint density at radius 2 is 2.04 bits per heavy atom. The van der Waals surface area contributed by atoms with Gasteiger partial charge in [-0.15, -0.1) is 0 Å². The Bertz CT molecular complexity index is 817. The van der Waals surface area contributed by atoms with E-state index in [9.17, 15) is 4.79 Å². The van der Waals surface area contributed by atoms with Gasteiger partial charge in [0.1, 0.15) is 13.2 Å². The van der Waals surface area contributed by atoms with Crippen LogP contribution in [0.4, 0.5) is 0 Å². The van der Waals surface area contributed by atoms with E-state index in [0.29, 0.717) is 35.3 Å². The summed E-state index contributed by atoms with van der Waals surface area (Å²) in [5.74, 6) is 1.08. The molecule has 0 saturated carbocycles. The van der Waals surface area contributed by atoms with Crippen molar-refractivity contribution in [1.29, 1.82) is 0 Å². The highest BCUT2D eigenvalue weighted by molar-refractivity contribution is 6.32. The van der Waals surface area contributed by atoms with Gasteiger partial charge in [-0.05, 0) is 37.1 Å². The molecule has 138 valence electrons. The van der Waals surface area contributed by atoms with Gasteiger partial charge in [0, 0.05) is 31.0 Å². The second-order valence-electron chi connectivity index (χ2n) is 6.89. The Kier molecular flexibility index (Phi) is 4.81. The second-order valence-corrected chi connectivity index (χ2v) is 7.30. The van der Waals surface area contributed by atoms with E-state index in [2.05, 4.69) is 10.6 Å². The summed E-state index contributed by atoms with van der Waals surface area (Å²) in [4.78, 5) is 15.4. The van der Waals surface area contributed by atoms with Crippen molar-refractivity contribution in [2.45, 2.75) is 31.7 Å². The number of nitrogens with zero attached hydrogens (tertiary/aromatic N) is 2. The van der Waals surface area contributed by atoms with Gasteiger partial charge in [-0.25, -0.2) is 0 Å². The van der Waals surface area contributed by atoms with Crippen LogP contribution in [0.1, 0.15) is 47.8 Å². The first kappa shape index (κ1) is 17.3. The van der Waals surface area contributed by atoms with Gasteiger partial charge in [-0.1, -0.05) is 24.4 Å². The molecule has 0 unspecified atom stereocenters. The summed E-state index contributed by atoms with van der Waals surface area (Å²) in [5, 5.41) is 0.427. The minimum Gasteiger partial charge on any atom is -0.486 e. The zero-order chi connectivity index (χ0) is 18.1. The average Bonchev–Trinajstić information content (AvgIpc) is 2.93. The normalized spacial score (nSPS) is 19.9. The van der Waals surface area contributed by atoms with Crippen LogP contribution in [0, 0.1) is 0 Å². The molecule has 0 spiro atoms. The quantitative estimate of drug-likeness (QED) is 0.791. The maximum absolute atomic E-state index is 13.4.